The fourth-order valence-corrected chi connectivity index (χ4v) is 2.23. The summed E-state index contributed by atoms with van der Waals surface area (Å²) in [4.78, 5) is 23.5. The lowest BCUT2D eigenvalue weighted by Gasteiger charge is -2.10. The van der Waals surface area contributed by atoms with Gasteiger partial charge in [0.1, 0.15) is 0 Å². The molecule has 0 bridgehead atoms. The van der Waals surface area contributed by atoms with E-state index in [1.165, 1.54) is 6.92 Å². The Morgan fingerprint density at radius 2 is 1.91 bits per heavy atom. The van der Waals surface area contributed by atoms with E-state index in [0.717, 1.165) is 5.56 Å². The van der Waals surface area contributed by atoms with Crippen LogP contribution in [-0.4, -0.2) is 18.9 Å². The number of benzene rings is 2. The highest BCUT2D eigenvalue weighted by Crippen LogP contribution is 2.25. The molecule has 0 aliphatic rings. The Kier molecular flexibility index (Phi) is 5.73. The standard InChI is InChI=1S/C17H17ClN2O3/c1-11(21)19-16-9-14(6-7-15(16)18)20-17(22)13-5-3-4-12(8-13)10-23-2/h3-9H,10H2,1-2H3,(H,19,21)(H,20,22). The van der Waals surface area contributed by atoms with Crippen molar-refractivity contribution in [2.45, 2.75) is 13.5 Å². The van der Waals surface area contributed by atoms with Crippen LogP contribution in [0, 0.1) is 0 Å². The highest BCUT2D eigenvalue weighted by molar-refractivity contribution is 6.33. The van der Waals surface area contributed by atoms with E-state index in [4.69, 9.17) is 16.3 Å². The first-order valence-electron chi connectivity index (χ1n) is 6.96. The van der Waals surface area contributed by atoms with E-state index in [0.29, 0.717) is 28.6 Å². The van der Waals surface area contributed by atoms with Crippen molar-refractivity contribution in [1.29, 1.82) is 0 Å². The zero-order valence-corrected chi connectivity index (χ0v) is 13.6. The van der Waals surface area contributed by atoms with Gasteiger partial charge >= 0.3 is 0 Å². The third kappa shape index (κ3) is 4.81. The largest absolute Gasteiger partial charge is 0.380 e. The van der Waals surface area contributed by atoms with Crippen LogP contribution in [0.4, 0.5) is 11.4 Å². The summed E-state index contributed by atoms with van der Waals surface area (Å²) >= 11 is 6.01. The number of carbonyl (C=O) groups is 2. The number of hydrogen-bond donors (Lipinski definition) is 2. The van der Waals surface area contributed by atoms with Gasteiger partial charge in [0.15, 0.2) is 0 Å². The molecule has 2 rings (SSSR count). The maximum Gasteiger partial charge on any atom is 0.255 e. The van der Waals surface area contributed by atoms with Crippen LogP contribution in [0.3, 0.4) is 0 Å². The molecule has 0 aliphatic carbocycles. The van der Waals surface area contributed by atoms with E-state index in [2.05, 4.69) is 10.6 Å². The second-order valence-electron chi connectivity index (χ2n) is 4.96. The van der Waals surface area contributed by atoms with Gasteiger partial charge in [-0.05, 0) is 35.9 Å². The molecule has 0 fully saturated rings. The van der Waals surface area contributed by atoms with Crippen molar-refractivity contribution in [3.63, 3.8) is 0 Å². The number of amides is 2. The summed E-state index contributed by atoms with van der Waals surface area (Å²) in [5.74, 6) is -0.485. The van der Waals surface area contributed by atoms with Gasteiger partial charge < -0.3 is 15.4 Å². The molecule has 2 amide bonds. The summed E-state index contributed by atoms with van der Waals surface area (Å²) in [5.41, 5.74) is 2.43. The average Bonchev–Trinajstić information content (AvgIpc) is 2.51. The molecule has 23 heavy (non-hydrogen) atoms. The van der Waals surface area contributed by atoms with Crippen LogP contribution >= 0.6 is 11.6 Å². The van der Waals surface area contributed by atoms with E-state index in [1.807, 2.05) is 6.07 Å². The SMILES string of the molecule is COCc1cccc(C(=O)Nc2ccc(Cl)c(NC(C)=O)c2)c1. The summed E-state index contributed by atoms with van der Waals surface area (Å²) in [6.45, 7) is 1.83. The lowest BCUT2D eigenvalue weighted by Crippen LogP contribution is -2.13. The Balaban J connectivity index is 2.16. The quantitative estimate of drug-likeness (QED) is 0.877. The average molecular weight is 333 g/mol. The number of anilines is 2. The number of methoxy groups -OCH3 is 1. The van der Waals surface area contributed by atoms with Gasteiger partial charge in [0.2, 0.25) is 5.91 Å². The molecule has 0 radical (unpaired) electrons. The molecule has 120 valence electrons. The molecule has 0 aliphatic heterocycles. The topological polar surface area (TPSA) is 67.4 Å². The van der Waals surface area contributed by atoms with Crippen molar-refractivity contribution in [2.24, 2.45) is 0 Å². The molecule has 2 aromatic rings. The molecule has 0 unspecified atom stereocenters. The number of carbonyl (C=O) groups excluding carboxylic acids is 2. The zero-order valence-electron chi connectivity index (χ0n) is 12.9. The molecule has 0 aromatic heterocycles. The van der Waals surface area contributed by atoms with Gasteiger partial charge in [-0.1, -0.05) is 23.7 Å². The summed E-state index contributed by atoms with van der Waals surface area (Å²) in [6, 6.07) is 12.1. The van der Waals surface area contributed by atoms with Crippen molar-refractivity contribution >= 4 is 34.8 Å². The Bertz CT molecular complexity index is 732. The van der Waals surface area contributed by atoms with Crippen molar-refractivity contribution in [3.8, 4) is 0 Å². The first kappa shape index (κ1) is 17.0. The van der Waals surface area contributed by atoms with E-state index in [-0.39, 0.29) is 11.8 Å². The smallest absolute Gasteiger partial charge is 0.255 e. The predicted octanol–water partition coefficient (Wildman–Crippen LogP) is 3.70. The third-order valence-corrected chi connectivity index (χ3v) is 3.36. The van der Waals surface area contributed by atoms with E-state index >= 15 is 0 Å². The maximum absolute atomic E-state index is 12.3. The minimum absolute atomic E-state index is 0.234. The number of nitrogens with one attached hydrogen (secondary N) is 2. The predicted molar refractivity (Wildman–Crippen MR) is 90.9 cm³/mol. The minimum Gasteiger partial charge on any atom is -0.380 e. The Labute approximate surface area is 139 Å². The molecule has 0 saturated heterocycles. The molecule has 2 aromatic carbocycles. The van der Waals surface area contributed by atoms with Crippen LogP contribution < -0.4 is 10.6 Å². The second kappa shape index (κ2) is 7.76. The minimum atomic E-state index is -0.251. The van der Waals surface area contributed by atoms with Crippen molar-refractivity contribution in [3.05, 3.63) is 58.6 Å². The zero-order chi connectivity index (χ0) is 16.8. The van der Waals surface area contributed by atoms with Gasteiger partial charge in [-0.15, -0.1) is 0 Å². The van der Waals surface area contributed by atoms with Crippen LogP contribution in [0.5, 0.6) is 0 Å². The highest BCUT2D eigenvalue weighted by atomic mass is 35.5. The summed E-state index contributed by atoms with van der Waals surface area (Å²) in [6.07, 6.45) is 0. The van der Waals surface area contributed by atoms with E-state index < -0.39 is 0 Å². The summed E-state index contributed by atoms with van der Waals surface area (Å²) in [5, 5.41) is 5.80. The maximum atomic E-state index is 12.3. The fourth-order valence-electron chi connectivity index (χ4n) is 2.06. The molecule has 0 heterocycles. The number of hydrogen-bond acceptors (Lipinski definition) is 3. The molecular weight excluding hydrogens is 316 g/mol. The Morgan fingerprint density at radius 3 is 2.61 bits per heavy atom. The first-order chi connectivity index (χ1) is 11.0. The summed E-state index contributed by atoms with van der Waals surface area (Å²) in [7, 11) is 1.60. The van der Waals surface area contributed by atoms with E-state index in [1.54, 1.807) is 43.5 Å². The van der Waals surface area contributed by atoms with Crippen LogP contribution in [0.1, 0.15) is 22.8 Å². The van der Waals surface area contributed by atoms with Crippen molar-refractivity contribution in [2.75, 3.05) is 17.7 Å². The van der Waals surface area contributed by atoms with Gasteiger partial charge in [0.05, 0.1) is 17.3 Å². The number of ether oxygens (including phenoxy) is 1. The Hall–Kier alpha value is -2.37. The van der Waals surface area contributed by atoms with Gasteiger partial charge in [-0.2, -0.15) is 0 Å². The lowest BCUT2D eigenvalue weighted by molar-refractivity contribution is -0.114. The second-order valence-corrected chi connectivity index (χ2v) is 5.37. The van der Waals surface area contributed by atoms with Crippen molar-refractivity contribution in [1.82, 2.24) is 0 Å². The molecule has 2 N–H and O–H groups in total. The van der Waals surface area contributed by atoms with Gasteiger partial charge in [-0.25, -0.2) is 0 Å². The molecular formula is C17H17ClN2O3. The van der Waals surface area contributed by atoms with Crippen LogP contribution in [0.2, 0.25) is 5.02 Å². The molecule has 5 nitrogen and oxygen atoms in total. The van der Waals surface area contributed by atoms with Gasteiger partial charge in [-0.3, -0.25) is 9.59 Å². The highest BCUT2D eigenvalue weighted by Gasteiger charge is 2.09. The number of rotatable bonds is 5. The molecule has 6 heteroatoms. The molecule has 0 spiro atoms. The van der Waals surface area contributed by atoms with Crippen LogP contribution in [-0.2, 0) is 16.1 Å². The lowest BCUT2D eigenvalue weighted by atomic mass is 10.1. The normalized spacial score (nSPS) is 10.2. The van der Waals surface area contributed by atoms with Gasteiger partial charge in [0, 0.05) is 25.3 Å². The fraction of sp³-hybridized carbons (Fsp3) is 0.176. The Morgan fingerprint density at radius 1 is 1.13 bits per heavy atom. The third-order valence-electron chi connectivity index (χ3n) is 3.04. The summed E-state index contributed by atoms with van der Waals surface area (Å²) < 4.78 is 5.06. The first-order valence-corrected chi connectivity index (χ1v) is 7.34. The number of halogens is 1. The molecule has 0 atom stereocenters. The van der Waals surface area contributed by atoms with Crippen LogP contribution in [0.15, 0.2) is 42.5 Å². The van der Waals surface area contributed by atoms with Crippen LogP contribution in [0.25, 0.3) is 0 Å². The van der Waals surface area contributed by atoms with Gasteiger partial charge in [0.25, 0.3) is 5.91 Å². The monoisotopic (exact) mass is 332 g/mol. The van der Waals surface area contributed by atoms with Crippen molar-refractivity contribution < 1.29 is 14.3 Å². The van der Waals surface area contributed by atoms with E-state index in [9.17, 15) is 9.59 Å². The molecule has 0 saturated carbocycles.